The minimum atomic E-state index is -0.601. The molecule has 0 saturated carbocycles. The Bertz CT molecular complexity index is 738. The van der Waals surface area contributed by atoms with Crippen molar-refractivity contribution in [3.05, 3.63) is 0 Å². The molecule has 0 radical (unpaired) electrons. The number of carbonyl (C=O) groups excluding carboxylic acids is 3. The SMILES string of the molecule is CCCCCCCCCCCCCCCCCC(=O)OCC(COC(=O)CCCCCCCCCCCCCCCCC)CC(=O)OC(C)(C)C. The largest absolute Gasteiger partial charge is 0.465 e. The third-order valence-electron chi connectivity index (χ3n) is 9.80. The first-order chi connectivity index (χ1) is 24.7. The van der Waals surface area contributed by atoms with E-state index >= 15 is 0 Å². The van der Waals surface area contributed by atoms with Gasteiger partial charge in [-0.05, 0) is 33.6 Å². The fourth-order valence-electron chi connectivity index (χ4n) is 6.63. The second kappa shape index (κ2) is 36.8. The highest BCUT2D eigenvalue weighted by molar-refractivity contribution is 5.71. The van der Waals surface area contributed by atoms with Crippen LogP contribution in [0.25, 0.3) is 0 Å². The zero-order chi connectivity index (χ0) is 37.7. The van der Waals surface area contributed by atoms with Crippen LogP contribution in [-0.4, -0.2) is 36.7 Å². The molecule has 0 bridgehead atoms. The van der Waals surface area contributed by atoms with Crippen LogP contribution in [0.4, 0.5) is 0 Å². The number of ether oxygens (including phenoxy) is 3. The molecule has 0 heterocycles. The molecule has 0 aromatic rings. The predicted octanol–water partition coefficient (Wildman–Crippen LogP) is 13.9. The summed E-state index contributed by atoms with van der Waals surface area (Å²) < 4.78 is 16.6. The zero-order valence-electron chi connectivity index (χ0n) is 34.8. The Morgan fingerprint density at radius 2 is 0.647 bits per heavy atom. The topological polar surface area (TPSA) is 78.9 Å². The molecule has 51 heavy (non-hydrogen) atoms. The van der Waals surface area contributed by atoms with Crippen molar-refractivity contribution >= 4 is 17.9 Å². The first-order valence-electron chi connectivity index (χ1n) is 22.2. The van der Waals surface area contributed by atoms with Crippen LogP contribution in [0.5, 0.6) is 0 Å². The summed E-state index contributed by atoms with van der Waals surface area (Å²) in [4.78, 5) is 37.4. The van der Waals surface area contributed by atoms with E-state index in [2.05, 4.69) is 13.8 Å². The minimum Gasteiger partial charge on any atom is -0.465 e. The van der Waals surface area contributed by atoms with E-state index in [1.807, 2.05) is 20.8 Å². The van der Waals surface area contributed by atoms with E-state index in [1.165, 1.54) is 154 Å². The molecule has 0 atom stereocenters. The highest BCUT2D eigenvalue weighted by Gasteiger charge is 2.23. The van der Waals surface area contributed by atoms with Gasteiger partial charge in [-0.25, -0.2) is 0 Å². The Morgan fingerprint density at radius 1 is 0.392 bits per heavy atom. The zero-order valence-corrected chi connectivity index (χ0v) is 34.8. The molecular weight excluding hydrogens is 636 g/mol. The lowest BCUT2D eigenvalue weighted by Gasteiger charge is -2.22. The Labute approximate surface area is 317 Å². The van der Waals surface area contributed by atoms with Crippen LogP contribution in [0.1, 0.15) is 247 Å². The van der Waals surface area contributed by atoms with Crippen LogP contribution in [0, 0.1) is 5.92 Å². The van der Waals surface area contributed by atoms with Crippen molar-refractivity contribution in [1.29, 1.82) is 0 Å². The van der Waals surface area contributed by atoms with Crippen LogP contribution in [0.2, 0.25) is 0 Å². The lowest BCUT2D eigenvalue weighted by Crippen LogP contribution is -2.29. The van der Waals surface area contributed by atoms with Crippen molar-refractivity contribution in [2.24, 2.45) is 5.92 Å². The number of carbonyl (C=O) groups is 3. The fraction of sp³-hybridized carbons (Fsp3) is 0.933. The summed E-state index contributed by atoms with van der Waals surface area (Å²) in [5, 5.41) is 0. The summed E-state index contributed by atoms with van der Waals surface area (Å²) >= 11 is 0. The van der Waals surface area contributed by atoms with Gasteiger partial charge in [0.1, 0.15) is 5.60 Å². The van der Waals surface area contributed by atoms with Gasteiger partial charge in [-0.1, -0.05) is 194 Å². The molecule has 6 nitrogen and oxygen atoms in total. The summed E-state index contributed by atoms with van der Waals surface area (Å²) in [7, 11) is 0. The van der Waals surface area contributed by atoms with Gasteiger partial charge in [-0.3, -0.25) is 14.4 Å². The third kappa shape index (κ3) is 39.5. The normalized spacial score (nSPS) is 11.6. The van der Waals surface area contributed by atoms with Crippen molar-refractivity contribution < 1.29 is 28.6 Å². The molecule has 0 N–H and O–H groups in total. The Balaban J connectivity index is 4.03. The fourth-order valence-corrected chi connectivity index (χ4v) is 6.63. The number of hydrogen-bond acceptors (Lipinski definition) is 6. The molecule has 0 rings (SSSR count). The first kappa shape index (κ1) is 49.4. The summed E-state index contributed by atoms with van der Waals surface area (Å²) in [5.41, 5.74) is -0.601. The molecule has 0 aliphatic heterocycles. The van der Waals surface area contributed by atoms with Crippen molar-refractivity contribution in [1.82, 2.24) is 0 Å². The van der Waals surface area contributed by atoms with Crippen LogP contribution >= 0.6 is 0 Å². The number of esters is 3. The molecule has 0 spiro atoms. The number of hydrogen-bond donors (Lipinski definition) is 0. The molecule has 6 heteroatoms. The first-order valence-corrected chi connectivity index (χ1v) is 22.2. The van der Waals surface area contributed by atoms with Gasteiger partial charge in [0.25, 0.3) is 0 Å². The van der Waals surface area contributed by atoms with E-state index in [1.54, 1.807) is 0 Å². The highest BCUT2D eigenvalue weighted by Crippen LogP contribution is 2.17. The van der Waals surface area contributed by atoms with Gasteiger partial charge in [-0.2, -0.15) is 0 Å². The lowest BCUT2D eigenvalue weighted by atomic mass is 10.0. The Kier molecular flexibility index (Phi) is 35.6. The lowest BCUT2D eigenvalue weighted by molar-refractivity contribution is -0.161. The highest BCUT2D eigenvalue weighted by atomic mass is 16.6. The van der Waals surface area contributed by atoms with Gasteiger partial charge in [0.2, 0.25) is 0 Å². The summed E-state index contributed by atoms with van der Waals surface area (Å²) in [6, 6.07) is 0. The van der Waals surface area contributed by atoms with Crippen molar-refractivity contribution in [3.8, 4) is 0 Å². The predicted molar refractivity (Wildman–Crippen MR) is 215 cm³/mol. The molecule has 0 aliphatic rings. The molecule has 0 unspecified atom stereocenters. The van der Waals surface area contributed by atoms with Gasteiger partial charge < -0.3 is 14.2 Å². The van der Waals surface area contributed by atoms with Crippen LogP contribution in [0.3, 0.4) is 0 Å². The molecule has 0 aliphatic carbocycles. The van der Waals surface area contributed by atoms with Crippen molar-refractivity contribution in [2.45, 2.75) is 252 Å². The van der Waals surface area contributed by atoms with E-state index in [0.717, 1.165) is 38.5 Å². The van der Waals surface area contributed by atoms with E-state index in [-0.39, 0.29) is 37.5 Å². The Hall–Kier alpha value is -1.59. The van der Waals surface area contributed by atoms with Crippen LogP contribution in [0.15, 0.2) is 0 Å². The van der Waals surface area contributed by atoms with E-state index in [4.69, 9.17) is 14.2 Å². The van der Waals surface area contributed by atoms with Crippen molar-refractivity contribution in [2.75, 3.05) is 13.2 Å². The quantitative estimate of drug-likeness (QED) is 0.0359. The molecule has 0 aromatic carbocycles. The van der Waals surface area contributed by atoms with Crippen molar-refractivity contribution in [3.63, 3.8) is 0 Å². The second-order valence-corrected chi connectivity index (χ2v) is 16.4. The van der Waals surface area contributed by atoms with Crippen LogP contribution in [-0.2, 0) is 28.6 Å². The van der Waals surface area contributed by atoms with Gasteiger partial charge in [0.15, 0.2) is 0 Å². The van der Waals surface area contributed by atoms with Gasteiger partial charge in [0.05, 0.1) is 19.6 Å². The van der Waals surface area contributed by atoms with E-state index in [0.29, 0.717) is 12.8 Å². The smallest absolute Gasteiger partial charge is 0.306 e. The summed E-state index contributed by atoms with van der Waals surface area (Å²) in [6.07, 6.45) is 39.3. The maximum atomic E-state index is 12.5. The average molecular weight is 723 g/mol. The molecule has 0 saturated heterocycles. The third-order valence-corrected chi connectivity index (χ3v) is 9.80. The Morgan fingerprint density at radius 3 is 0.902 bits per heavy atom. The molecule has 0 fully saturated rings. The minimum absolute atomic E-state index is 0.0513. The van der Waals surface area contributed by atoms with Gasteiger partial charge in [0, 0.05) is 18.8 Å². The maximum absolute atomic E-state index is 12.5. The second-order valence-electron chi connectivity index (χ2n) is 16.4. The van der Waals surface area contributed by atoms with E-state index in [9.17, 15) is 14.4 Å². The van der Waals surface area contributed by atoms with E-state index < -0.39 is 11.5 Å². The summed E-state index contributed by atoms with van der Waals surface area (Å²) in [6.45, 7) is 10.1. The summed E-state index contributed by atoms with van der Waals surface area (Å²) in [5.74, 6) is -1.27. The standard InChI is InChI=1S/C45H86O6/c1-6-8-10-12-14-16-18-20-22-24-26-28-30-32-34-36-42(46)49-39-41(38-44(48)51-45(3,4)5)40-50-43(47)37-35-33-31-29-27-25-23-21-19-17-15-13-11-9-7-2/h41H,6-40H2,1-5H3. The number of rotatable bonds is 38. The molecular formula is C45H86O6. The number of unbranched alkanes of at least 4 members (excludes halogenated alkanes) is 28. The molecule has 0 amide bonds. The molecule has 0 aromatic heterocycles. The molecule has 302 valence electrons. The monoisotopic (exact) mass is 723 g/mol. The maximum Gasteiger partial charge on any atom is 0.306 e. The van der Waals surface area contributed by atoms with Crippen LogP contribution < -0.4 is 0 Å². The average Bonchev–Trinajstić information content (AvgIpc) is 3.08. The van der Waals surface area contributed by atoms with Gasteiger partial charge >= 0.3 is 17.9 Å². The van der Waals surface area contributed by atoms with Gasteiger partial charge in [-0.15, -0.1) is 0 Å².